The maximum absolute atomic E-state index is 11.9. The first-order valence-electron chi connectivity index (χ1n) is 6.30. The van der Waals surface area contributed by atoms with Gasteiger partial charge in [0.15, 0.2) is 5.78 Å². The van der Waals surface area contributed by atoms with Crippen LogP contribution in [0.15, 0.2) is 36.4 Å². The second kappa shape index (κ2) is 8.97. The fraction of sp³-hybridized carbons (Fsp3) is 0.267. The second-order valence-corrected chi connectivity index (χ2v) is 5.41. The predicted molar refractivity (Wildman–Crippen MR) is 81.2 cm³/mol. The number of thioether (sulfide) groups is 1. The lowest BCUT2D eigenvalue weighted by atomic mass is 10.1. The van der Waals surface area contributed by atoms with Gasteiger partial charge in [0, 0.05) is 11.5 Å². The Hall–Kier alpha value is -2.08. The standard InChI is InChI=1S/C15H16O5S/c16-13(7-6-11-4-2-1-3-5-11)12(15(19)20)10-21-9-8-14(17)18/h1-7,12H,8-10H2,(H,17,18)(H,19,20). The monoisotopic (exact) mass is 308 g/mol. The van der Waals surface area contributed by atoms with Gasteiger partial charge < -0.3 is 10.2 Å². The maximum Gasteiger partial charge on any atom is 0.315 e. The largest absolute Gasteiger partial charge is 0.481 e. The SMILES string of the molecule is O=C(O)CCSCC(C(=O)O)C(=O)C=Cc1ccccc1. The molecule has 5 nitrogen and oxygen atoms in total. The van der Waals surface area contributed by atoms with E-state index in [-0.39, 0.29) is 17.9 Å². The third kappa shape index (κ3) is 6.76. The van der Waals surface area contributed by atoms with Crippen LogP contribution in [0.1, 0.15) is 12.0 Å². The van der Waals surface area contributed by atoms with Gasteiger partial charge in [-0.15, -0.1) is 0 Å². The van der Waals surface area contributed by atoms with Crippen LogP contribution in [0.2, 0.25) is 0 Å². The number of ketones is 1. The van der Waals surface area contributed by atoms with Crippen LogP contribution < -0.4 is 0 Å². The van der Waals surface area contributed by atoms with Gasteiger partial charge in [0.2, 0.25) is 0 Å². The molecule has 0 heterocycles. The first-order valence-corrected chi connectivity index (χ1v) is 7.45. The van der Waals surface area contributed by atoms with Gasteiger partial charge in [0.1, 0.15) is 5.92 Å². The van der Waals surface area contributed by atoms with E-state index >= 15 is 0 Å². The number of hydrogen-bond donors (Lipinski definition) is 2. The molecule has 0 fully saturated rings. The van der Waals surface area contributed by atoms with Crippen molar-refractivity contribution in [2.24, 2.45) is 5.92 Å². The van der Waals surface area contributed by atoms with Crippen molar-refractivity contribution in [3.8, 4) is 0 Å². The van der Waals surface area contributed by atoms with Crippen molar-refractivity contribution in [1.82, 2.24) is 0 Å². The van der Waals surface area contributed by atoms with Gasteiger partial charge in [0.05, 0.1) is 6.42 Å². The molecule has 1 atom stereocenters. The molecule has 1 aromatic rings. The van der Waals surface area contributed by atoms with E-state index in [1.165, 1.54) is 6.08 Å². The lowest BCUT2D eigenvalue weighted by Gasteiger charge is -2.08. The topological polar surface area (TPSA) is 91.7 Å². The van der Waals surface area contributed by atoms with Crippen molar-refractivity contribution in [3.05, 3.63) is 42.0 Å². The lowest BCUT2D eigenvalue weighted by Crippen LogP contribution is -2.24. The van der Waals surface area contributed by atoms with Crippen LogP contribution in [-0.2, 0) is 14.4 Å². The third-order valence-corrected chi connectivity index (χ3v) is 3.69. The fourth-order valence-corrected chi connectivity index (χ4v) is 2.52. The van der Waals surface area contributed by atoms with Gasteiger partial charge >= 0.3 is 11.9 Å². The van der Waals surface area contributed by atoms with E-state index < -0.39 is 23.6 Å². The Labute approximate surface area is 126 Å². The van der Waals surface area contributed by atoms with Crippen LogP contribution in [0.5, 0.6) is 0 Å². The van der Waals surface area contributed by atoms with E-state index in [9.17, 15) is 14.4 Å². The zero-order valence-corrected chi connectivity index (χ0v) is 12.1. The van der Waals surface area contributed by atoms with E-state index in [0.717, 1.165) is 17.3 Å². The molecule has 1 rings (SSSR count). The molecule has 6 heteroatoms. The van der Waals surface area contributed by atoms with Crippen LogP contribution in [0, 0.1) is 5.92 Å². The second-order valence-electron chi connectivity index (χ2n) is 4.26. The number of carbonyl (C=O) groups excluding carboxylic acids is 1. The zero-order chi connectivity index (χ0) is 15.7. The van der Waals surface area contributed by atoms with Crippen molar-refractivity contribution in [2.45, 2.75) is 6.42 Å². The average molecular weight is 308 g/mol. The minimum absolute atomic E-state index is 0.0505. The van der Waals surface area contributed by atoms with Crippen molar-refractivity contribution in [3.63, 3.8) is 0 Å². The van der Waals surface area contributed by atoms with Gasteiger partial charge in [-0.3, -0.25) is 14.4 Å². The summed E-state index contributed by atoms with van der Waals surface area (Å²) in [6.07, 6.45) is 2.77. The Morgan fingerprint density at radius 1 is 1.14 bits per heavy atom. The molecule has 0 amide bonds. The number of allylic oxidation sites excluding steroid dienone is 1. The van der Waals surface area contributed by atoms with Crippen LogP contribution >= 0.6 is 11.8 Å². The number of hydrogen-bond acceptors (Lipinski definition) is 4. The lowest BCUT2D eigenvalue weighted by molar-refractivity contribution is -0.144. The molecule has 112 valence electrons. The van der Waals surface area contributed by atoms with Crippen LogP contribution in [-0.4, -0.2) is 39.4 Å². The van der Waals surface area contributed by atoms with Crippen molar-refractivity contribution in [2.75, 3.05) is 11.5 Å². The molecule has 0 aliphatic carbocycles. The molecule has 0 saturated heterocycles. The quantitative estimate of drug-likeness (QED) is 0.413. The fourth-order valence-electron chi connectivity index (χ4n) is 1.49. The van der Waals surface area contributed by atoms with E-state index in [2.05, 4.69) is 0 Å². The van der Waals surface area contributed by atoms with E-state index in [0.29, 0.717) is 0 Å². The van der Waals surface area contributed by atoms with E-state index in [1.807, 2.05) is 18.2 Å². The number of aliphatic carboxylic acids is 2. The molecule has 0 radical (unpaired) electrons. The molecule has 2 N–H and O–H groups in total. The van der Waals surface area contributed by atoms with Crippen LogP contribution in [0.4, 0.5) is 0 Å². The molecule has 21 heavy (non-hydrogen) atoms. The summed E-state index contributed by atoms with van der Waals surface area (Å²) in [7, 11) is 0. The summed E-state index contributed by atoms with van der Waals surface area (Å²) >= 11 is 1.15. The van der Waals surface area contributed by atoms with Gasteiger partial charge in [-0.05, 0) is 11.6 Å². The van der Waals surface area contributed by atoms with Crippen molar-refractivity contribution < 1.29 is 24.6 Å². The van der Waals surface area contributed by atoms with E-state index in [1.54, 1.807) is 18.2 Å². The number of benzene rings is 1. The highest BCUT2D eigenvalue weighted by atomic mass is 32.2. The Bertz CT molecular complexity index is 524. The predicted octanol–water partition coefficient (Wildman–Crippen LogP) is 2.18. The average Bonchev–Trinajstić information content (AvgIpc) is 2.45. The number of carboxylic acids is 2. The molecule has 1 aromatic carbocycles. The Balaban J connectivity index is 2.55. The molecule has 1 unspecified atom stereocenters. The van der Waals surface area contributed by atoms with E-state index in [4.69, 9.17) is 10.2 Å². The summed E-state index contributed by atoms with van der Waals surface area (Å²) < 4.78 is 0. The summed E-state index contributed by atoms with van der Waals surface area (Å²) in [4.78, 5) is 33.3. The molecule has 0 bridgehead atoms. The Morgan fingerprint density at radius 2 is 1.81 bits per heavy atom. The summed E-state index contributed by atoms with van der Waals surface area (Å²) in [5.74, 6) is -3.42. The summed E-state index contributed by atoms with van der Waals surface area (Å²) in [6, 6.07) is 9.10. The maximum atomic E-state index is 11.9. The van der Waals surface area contributed by atoms with Crippen molar-refractivity contribution >= 4 is 35.6 Å². The number of rotatable bonds is 9. The molecule has 0 saturated carbocycles. The summed E-state index contributed by atoms with van der Waals surface area (Å²) in [5, 5.41) is 17.6. The highest BCUT2D eigenvalue weighted by Gasteiger charge is 2.24. The molecular weight excluding hydrogens is 292 g/mol. The first-order chi connectivity index (χ1) is 10.0. The minimum Gasteiger partial charge on any atom is -0.481 e. The minimum atomic E-state index is -1.19. The summed E-state index contributed by atoms with van der Waals surface area (Å²) in [5.41, 5.74) is 0.813. The molecule has 0 aromatic heterocycles. The van der Waals surface area contributed by atoms with Crippen molar-refractivity contribution in [1.29, 1.82) is 0 Å². The smallest absolute Gasteiger partial charge is 0.315 e. The van der Waals surface area contributed by atoms with Gasteiger partial charge in [-0.1, -0.05) is 36.4 Å². The number of carbonyl (C=O) groups is 3. The molecule has 0 aliphatic rings. The highest BCUT2D eigenvalue weighted by Crippen LogP contribution is 2.13. The van der Waals surface area contributed by atoms with Gasteiger partial charge in [0.25, 0.3) is 0 Å². The zero-order valence-electron chi connectivity index (χ0n) is 11.3. The normalized spacial score (nSPS) is 12.2. The highest BCUT2D eigenvalue weighted by molar-refractivity contribution is 7.99. The molecule has 0 aliphatic heterocycles. The Kier molecular flexibility index (Phi) is 7.25. The summed E-state index contributed by atoms with van der Waals surface area (Å²) in [6.45, 7) is 0. The van der Waals surface area contributed by atoms with Crippen LogP contribution in [0.3, 0.4) is 0 Å². The Morgan fingerprint density at radius 3 is 2.38 bits per heavy atom. The van der Waals surface area contributed by atoms with Gasteiger partial charge in [-0.2, -0.15) is 11.8 Å². The van der Waals surface area contributed by atoms with Crippen LogP contribution in [0.25, 0.3) is 6.08 Å². The molecule has 0 spiro atoms. The molecular formula is C15H16O5S. The van der Waals surface area contributed by atoms with Gasteiger partial charge in [-0.25, -0.2) is 0 Å². The first kappa shape index (κ1) is 17.0. The third-order valence-electron chi connectivity index (χ3n) is 2.63. The number of carboxylic acid groups (broad SMARTS) is 2.